The molecule has 0 unspecified atom stereocenters. The molecule has 0 bridgehead atoms. The molecule has 0 spiro atoms. The summed E-state index contributed by atoms with van der Waals surface area (Å²) in [6, 6.07) is 3.63. The fraction of sp³-hybridized carbons (Fsp3) is 0.667. The summed E-state index contributed by atoms with van der Waals surface area (Å²) in [6.45, 7) is 10.0. The number of anilines is 1. The SMILES string of the molecule is CCNC(=NCC1(CCOCC)CC1)N1CCN(c2cc(F)ccc2F)CC1. The Balaban J connectivity index is 1.57. The molecule has 0 radical (unpaired) electrons. The van der Waals surface area contributed by atoms with Gasteiger partial charge in [-0.05, 0) is 50.7 Å². The van der Waals surface area contributed by atoms with E-state index in [-0.39, 0.29) is 5.82 Å². The van der Waals surface area contributed by atoms with E-state index in [0.717, 1.165) is 57.8 Å². The fourth-order valence-electron chi connectivity index (χ4n) is 3.65. The van der Waals surface area contributed by atoms with Gasteiger partial charge in [0.2, 0.25) is 0 Å². The maximum absolute atomic E-state index is 14.0. The molecule has 28 heavy (non-hydrogen) atoms. The monoisotopic (exact) mass is 394 g/mol. The van der Waals surface area contributed by atoms with Gasteiger partial charge in [0.15, 0.2) is 5.96 Å². The molecule has 1 saturated heterocycles. The van der Waals surface area contributed by atoms with Gasteiger partial charge >= 0.3 is 0 Å². The molecular weight excluding hydrogens is 362 g/mol. The van der Waals surface area contributed by atoms with Crippen LogP contribution in [0.3, 0.4) is 0 Å². The van der Waals surface area contributed by atoms with Gasteiger partial charge in [-0.25, -0.2) is 8.78 Å². The Labute approximate surface area is 166 Å². The van der Waals surface area contributed by atoms with Crippen LogP contribution in [0.2, 0.25) is 0 Å². The van der Waals surface area contributed by atoms with Gasteiger partial charge in [-0.15, -0.1) is 0 Å². The Morgan fingerprint density at radius 3 is 2.57 bits per heavy atom. The molecule has 0 aromatic heterocycles. The van der Waals surface area contributed by atoms with E-state index in [9.17, 15) is 8.78 Å². The maximum atomic E-state index is 14.0. The van der Waals surface area contributed by atoms with Crippen molar-refractivity contribution < 1.29 is 13.5 Å². The topological polar surface area (TPSA) is 40.1 Å². The van der Waals surface area contributed by atoms with Crippen molar-refractivity contribution in [2.24, 2.45) is 10.4 Å². The zero-order chi connectivity index (χ0) is 20.0. The number of nitrogens with one attached hydrogen (secondary N) is 1. The zero-order valence-electron chi connectivity index (χ0n) is 17.0. The molecule has 156 valence electrons. The van der Waals surface area contributed by atoms with E-state index in [1.807, 2.05) is 11.8 Å². The lowest BCUT2D eigenvalue weighted by Gasteiger charge is -2.38. The third-order valence-corrected chi connectivity index (χ3v) is 5.67. The van der Waals surface area contributed by atoms with Crippen molar-refractivity contribution in [2.45, 2.75) is 33.1 Å². The van der Waals surface area contributed by atoms with Crippen LogP contribution >= 0.6 is 0 Å². The Morgan fingerprint density at radius 2 is 1.93 bits per heavy atom. The molecule has 2 aliphatic rings. The molecule has 1 aliphatic heterocycles. The molecule has 3 rings (SSSR count). The molecule has 0 atom stereocenters. The third kappa shape index (κ3) is 5.34. The first-order valence-corrected chi connectivity index (χ1v) is 10.4. The van der Waals surface area contributed by atoms with Crippen molar-refractivity contribution in [1.29, 1.82) is 0 Å². The highest BCUT2D eigenvalue weighted by Crippen LogP contribution is 2.49. The maximum Gasteiger partial charge on any atom is 0.194 e. The first-order valence-electron chi connectivity index (χ1n) is 10.4. The minimum atomic E-state index is -0.407. The average molecular weight is 395 g/mol. The molecule has 7 heteroatoms. The van der Waals surface area contributed by atoms with Crippen molar-refractivity contribution in [1.82, 2.24) is 10.2 Å². The number of ether oxygens (including phenoxy) is 1. The number of halogens is 2. The van der Waals surface area contributed by atoms with Crippen LogP contribution in [0, 0.1) is 17.0 Å². The normalized spacial score (nSPS) is 19.1. The van der Waals surface area contributed by atoms with E-state index in [1.54, 1.807) is 0 Å². The minimum Gasteiger partial charge on any atom is -0.382 e. The Morgan fingerprint density at radius 1 is 1.18 bits per heavy atom. The van der Waals surface area contributed by atoms with Crippen molar-refractivity contribution in [2.75, 3.05) is 57.4 Å². The van der Waals surface area contributed by atoms with Gasteiger partial charge in [0.1, 0.15) is 11.6 Å². The van der Waals surface area contributed by atoms with Gasteiger partial charge in [-0.3, -0.25) is 4.99 Å². The molecule has 0 amide bonds. The number of nitrogens with zero attached hydrogens (tertiary/aromatic N) is 3. The van der Waals surface area contributed by atoms with Crippen LogP contribution in [-0.2, 0) is 4.74 Å². The van der Waals surface area contributed by atoms with Gasteiger partial charge in [-0.2, -0.15) is 0 Å². The average Bonchev–Trinajstić information content (AvgIpc) is 3.47. The Hall–Kier alpha value is -1.89. The molecule has 1 heterocycles. The van der Waals surface area contributed by atoms with Gasteiger partial charge in [0.05, 0.1) is 5.69 Å². The lowest BCUT2D eigenvalue weighted by Crippen LogP contribution is -2.53. The predicted molar refractivity (Wildman–Crippen MR) is 109 cm³/mol. The van der Waals surface area contributed by atoms with Gasteiger partial charge in [-0.1, -0.05) is 0 Å². The number of guanidine groups is 1. The van der Waals surface area contributed by atoms with Crippen LogP contribution in [-0.4, -0.2) is 63.3 Å². The lowest BCUT2D eigenvalue weighted by atomic mass is 10.0. The van der Waals surface area contributed by atoms with E-state index < -0.39 is 5.82 Å². The summed E-state index contributed by atoms with van der Waals surface area (Å²) >= 11 is 0. The molecule has 1 saturated carbocycles. The Kier molecular flexibility index (Phi) is 7.10. The number of hydrogen-bond acceptors (Lipinski definition) is 3. The van der Waals surface area contributed by atoms with Crippen molar-refractivity contribution in [3.63, 3.8) is 0 Å². The summed E-state index contributed by atoms with van der Waals surface area (Å²) in [4.78, 5) is 9.03. The van der Waals surface area contributed by atoms with Crippen molar-refractivity contribution >= 4 is 11.6 Å². The van der Waals surface area contributed by atoms with Crippen LogP contribution in [0.4, 0.5) is 14.5 Å². The number of rotatable bonds is 8. The second-order valence-corrected chi connectivity index (χ2v) is 7.69. The summed E-state index contributed by atoms with van der Waals surface area (Å²) in [6.07, 6.45) is 3.50. The molecule has 1 N–H and O–H groups in total. The lowest BCUT2D eigenvalue weighted by molar-refractivity contribution is 0.129. The highest BCUT2D eigenvalue weighted by molar-refractivity contribution is 5.80. The van der Waals surface area contributed by atoms with Crippen molar-refractivity contribution in [3.05, 3.63) is 29.8 Å². The molecule has 2 fully saturated rings. The van der Waals surface area contributed by atoms with Crippen LogP contribution in [0.25, 0.3) is 0 Å². The predicted octanol–water partition coefficient (Wildman–Crippen LogP) is 3.26. The first kappa shape index (κ1) is 20.8. The summed E-state index contributed by atoms with van der Waals surface area (Å²) in [5, 5.41) is 3.39. The van der Waals surface area contributed by atoms with E-state index in [0.29, 0.717) is 24.2 Å². The van der Waals surface area contributed by atoms with E-state index in [1.165, 1.54) is 25.0 Å². The van der Waals surface area contributed by atoms with Crippen molar-refractivity contribution in [3.8, 4) is 0 Å². The van der Waals surface area contributed by atoms with Crippen LogP contribution < -0.4 is 10.2 Å². The number of benzene rings is 1. The van der Waals surface area contributed by atoms with Gasteiger partial charge < -0.3 is 19.9 Å². The fourth-order valence-corrected chi connectivity index (χ4v) is 3.65. The number of aliphatic imine (C=N–C) groups is 1. The smallest absolute Gasteiger partial charge is 0.194 e. The van der Waals surface area contributed by atoms with E-state index in [2.05, 4.69) is 17.1 Å². The molecule has 1 aromatic rings. The van der Waals surface area contributed by atoms with E-state index >= 15 is 0 Å². The second-order valence-electron chi connectivity index (χ2n) is 7.69. The molecule has 1 aromatic carbocycles. The number of hydrogen-bond donors (Lipinski definition) is 1. The first-order chi connectivity index (χ1) is 13.6. The molecule has 5 nitrogen and oxygen atoms in total. The largest absolute Gasteiger partial charge is 0.382 e. The summed E-state index contributed by atoms with van der Waals surface area (Å²) in [5.74, 6) is 0.139. The highest BCUT2D eigenvalue weighted by Gasteiger charge is 2.42. The van der Waals surface area contributed by atoms with Crippen LogP contribution in [0.1, 0.15) is 33.1 Å². The second kappa shape index (κ2) is 9.54. The number of piperazine rings is 1. The molecular formula is C21H32F2N4O. The Bertz CT molecular complexity index is 670. The highest BCUT2D eigenvalue weighted by atomic mass is 19.1. The van der Waals surface area contributed by atoms with Gasteiger partial charge in [0, 0.05) is 58.5 Å². The third-order valence-electron chi connectivity index (χ3n) is 5.67. The van der Waals surface area contributed by atoms with Gasteiger partial charge in [0.25, 0.3) is 0 Å². The zero-order valence-corrected chi connectivity index (χ0v) is 17.0. The quantitative estimate of drug-likeness (QED) is 0.417. The van der Waals surface area contributed by atoms with E-state index in [4.69, 9.17) is 9.73 Å². The minimum absolute atomic E-state index is 0.308. The van der Waals surface area contributed by atoms with Crippen LogP contribution in [0.5, 0.6) is 0 Å². The summed E-state index contributed by atoms with van der Waals surface area (Å²) in [5.41, 5.74) is 0.650. The molecule has 1 aliphatic carbocycles. The summed E-state index contributed by atoms with van der Waals surface area (Å²) < 4.78 is 33.1. The standard InChI is InChI=1S/C21H32F2N4O/c1-3-24-20(25-16-21(7-8-21)9-14-28-4-2)27-12-10-26(11-13-27)19-15-17(22)5-6-18(19)23/h5-6,15H,3-4,7-14,16H2,1-2H3,(H,24,25). The summed E-state index contributed by atoms with van der Waals surface area (Å²) in [7, 11) is 0. The van der Waals surface area contributed by atoms with Crippen LogP contribution in [0.15, 0.2) is 23.2 Å².